The molecule has 13 heteroatoms. The molecule has 1 heterocycles. The molecule has 0 aromatic heterocycles. The van der Waals surface area contributed by atoms with Gasteiger partial charge in [-0.05, 0) is 6.42 Å². The molecule has 5 N–H and O–H groups in total. The quantitative estimate of drug-likeness (QED) is 0.133. The zero-order valence-electron chi connectivity index (χ0n) is 20.1. The molecule has 13 nitrogen and oxygen atoms in total. The number of carboxylic acids is 2. The predicted molar refractivity (Wildman–Crippen MR) is 123 cm³/mol. The van der Waals surface area contributed by atoms with Crippen LogP contribution in [0.2, 0.25) is 0 Å². The first kappa shape index (κ1) is 30.2. The van der Waals surface area contributed by atoms with E-state index < -0.39 is 18.2 Å². The summed E-state index contributed by atoms with van der Waals surface area (Å²) >= 11 is 0. The third kappa shape index (κ3) is 15.1. The Morgan fingerprint density at radius 3 is 1.62 bits per heavy atom. The number of aliphatic carboxylic acids is 2. The van der Waals surface area contributed by atoms with E-state index in [1.54, 1.807) is 14.7 Å². The first-order valence-electron chi connectivity index (χ1n) is 11.7. The van der Waals surface area contributed by atoms with Crippen LogP contribution in [0.5, 0.6) is 0 Å². The number of aliphatic hydroxyl groups is 2. The van der Waals surface area contributed by atoms with E-state index >= 15 is 0 Å². The number of hydrogen-bond acceptors (Lipinski definition) is 10. The van der Waals surface area contributed by atoms with Crippen LogP contribution in [0.15, 0.2) is 0 Å². The van der Waals surface area contributed by atoms with E-state index in [1.165, 1.54) is 0 Å². The van der Waals surface area contributed by atoms with E-state index in [1.807, 2.05) is 11.8 Å². The van der Waals surface area contributed by atoms with Gasteiger partial charge in [-0.2, -0.15) is 0 Å². The van der Waals surface area contributed by atoms with Crippen molar-refractivity contribution < 1.29 is 39.5 Å². The minimum absolute atomic E-state index is 0.0178. The Morgan fingerprint density at radius 2 is 1.21 bits per heavy atom. The highest BCUT2D eigenvalue weighted by atomic mass is 16.5. The summed E-state index contributed by atoms with van der Waals surface area (Å²) in [4.78, 5) is 42.2. The van der Waals surface area contributed by atoms with Crippen LogP contribution in [0.1, 0.15) is 13.3 Å². The van der Waals surface area contributed by atoms with Crippen molar-refractivity contribution in [1.29, 1.82) is 0 Å². The second-order valence-corrected chi connectivity index (χ2v) is 8.36. The summed E-state index contributed by atoms with van der Waals surface area (Å²) in [6, 6.07) is 0. The molecule has 0 aliphatic carbocycles. The van der Waals surface area contributed by atoms with Gasteiger partial charge in [-0.25, -0.2) is 0 Å². The number of amides is 1. The topological polar surface area (TPSA) is 166 Å². The molecule has 0 bridgehead atoms. The third-order valence-corrected chi connectivity index (χ3v) is 5.35. The SMILES string of the molecule is CCCOCCNC(=O)CN1CCN(CC(=O)O)CCN(CC(O)O)CCN(CC(=O)O)CC1. The average molecular weight is 492 g/mol. The summed E-state index contributed by atoms with van der Waals surface area (Å²) in [6.07, 6.45) is -0.644. The molecule has 1 fully saturated rings. The van der Waals surface area contributed by atoms with Crippen LogP contribution in [-0.4, -0.2) is 162 Å². The summed E-state index contributed by atoms with van der Waals surface area (Å²) in [6.45, 7) is 6.41. The van der Waals surface area contributed by atoms with Gasteiger partial charge in [0.2, 0.25) is 5.91 Å². The average Bonchev–Trinajstić information content (AvgIpc) is 2.74. The smallest absolute Gasteiger partial charge is 0.317 e. The molecule has 0 aromatic rings. The largest absolute Gasteiger partial charge is 0.480 e. The highest BCUT2D eigenvalue weighted by Crippen LogP contribution is 2.02. The molecule has 0 spiro atoms. The molecule has 1 saturated heterocycles. The van der Waals surface area contributed by atoms with Crippen LogP contribution in [0.25, 0.3) is 0 Å². The fourth-order valence-electron chi connectivity index (χ4n) is 3.62. The summed E-state index contributed by atoms with van der Waals surface area (Å²) in [5, 5.41) is 40.1. The van der Waals surface area contributed by atoms with E-state index in [0.717, 1.165) is 6.42 Å². The molecule has 1 amide bonds. The lowest BCUT2D eigenvalue weighted by Crippen LogP contribution is -2.50. The number of carboxylic acid groups (broad SMARTS) is 2. The monoisotopic (exact) mass is 491 g/mol. The summed E-state index contributed by atoms with van der Waals surface area (Å²) in [5.74, 6) is -2.11. The van der Waals surface area contributed by atoms with Gasteiger partial charge in [0.25, 0.3) is 0 Å². The summed E-state index contributed by atoms with van der Waals surface area (Å²) in [7, 11) is 0. The van der Waals surface area contributed by atoms with Crippen molar-refractivity contribution >= 4 is 17.8 Å². The maximum atomic E-state index is 12.4. The van der Waals surface area contributed by atoms with E-state index in [-0.39, 0.29) is 32.1 Å². The van der Waals surface area contributed by atoms with Gasteiger partial charge >= 0.3 is 11.9 Å². The van der Waals surface area contributed by atoms with Crippen LogP contribution in [0.4, 0.5) is 0 Å². The molecule has 0 radical (unpaired) electrons. The van der Waals surface area contributed by atoms with Crippen LogP contribution in [0.3, 0.4) is 0 Å². The normalized spacial score (nSPS) is 18.4. The molecule has 0 atom stereocenters. The fourth-order valence-corrected chi connectivity index (χ4v) is 3.62. The fraction of sp³-hybridized carbons (Fsp3) is 0.857. The molecule has 0 aromatic carbocycles. The number of ether oxygens (including phenoxy) is 1. The number of hydrogen-bond donors (Lipinski definition) is 5. The molecule has 0 unspecified atom stereocenters. The zero-order chi connectivity index (χ0) is 25.3. The van der Waals surface area contributed by atoms with Gasteiger partial charge in [-0.1, -0.05) is 6.92 Å². The predicted octanol–water partition coefficient (Wildman–Crippen LogP) is -2.77. The second-order valence-electron chi connectivity index (χ2n) is 8.36. The molecule has 1 aliphatic rings. The van der Waals surface area contributed by atoms with Gasteiger partial charge < -0.3 is 30.5 Å². The number of nitrogens with one attached hydrogen (secondary N) is 1. The van der Waals surface area contributed by atoms with Crippen LogP contribution in [-0.2, 0) is 19.1 Å². The highest BCUT2D eigenvalue weighted by molar-refractivity contribution is 5.78. The van der Waals surface area contributed by atoms with Crippen LogP contribution >= 0.6 is 0 Å². The standard InChI is InChI=1S/C21H41N5O8/c1-2-12-34-13-3-22-18(27)14-23-4-6-24(15-19(28)29)8-10-26(17-21(32)33)11-9-25(7-5-23)16-20(30)31/h21,32-33H,2-17H2,1H3,(H,22,27)(H,28,29)(H,30,31). The summed E-state index contributed by atoms with van der Waals surface area (Å²) < 4.78 is 5.36. The lowest BCUT2D eigenvalue weighted by molar-refractivity contribution is -0.139. The van der Waals surface area contributed by atoms with Crippen molar-refractivity contribution in [3.05, 3.63) is 0 Å². The van der Waals surface area contributed by atoms with Crippen molar-refractivity contribution in [3.8, 4) is 0 Å². The lowest BCUT2D eigenvalue weighted by atomic mass is 10.3. The van der Waals surface area contributed by atoms with E-state index in [4.69, 9.17) is 4.74 Å². The number of β-amino-alcohol motifs (C(OH)–C–C–N with tert-alkyl or cyclic N) is 2. The zero-order valence-corrected chi connectivity index (χ0v) is 20.1. The van der Waals surface area contributed by atoms with E-state index in [2.05, 4.69) is 5.32 Å². The Kier molecular flexibility index (Phi) is 15.6. The van der Waals surface area contributed by atoms with Crippen molar-refractivity contribution in [2.75, 3.05) is 98.3 Å². The Morgan fingerprint density at radius 1 is 0.765 bits per heavy atom. The van der Waals surface area contributed by atoms with Gasteiger partial charge in [0.05, 0.1) is 26.2 Å². The molecule has 1 rings (SSSR count). The maximum Gasteiger partial charge on any atom is 0.317 e. The van der Waals surface area contributed by atoms with Crippen molar-refractivity contribution in [2.24, 2.45) is 0 Å². The highest BCUT2D eigenvalue weighted by Gasteiger charge is 2.20. The second kappa shape index (κ2) is 17.5. The Labute approximate surface area is 200 Å². The first-order valence-corrected chi connectivity index (χ1v) is 11.7. The number of aliphatic hydroxyl groups excluding tert-OH is 1. The van der Waals surface area contributed by atoms with Crippen molar-refractivity contribution in [3.63, 3.8) is 0 Å². The summed E-state index contributed by atoms with van der Waals surface area (Å²) in [5.41, 5.74) is 0. The van der Waals surface area contributed by atoms with Gasteiger partial charge in [0, 0.05) is 72.1 Å². The Bertz CT molecular complexity index is 578. The maximum absolute atomic E-state index is 12.4. The van der Waals surface area contributed by atoms with Gasteiger partial charge in [0.15, 0.2) is 6.29 Å². The molecule has 34 heavy (non-hydrogen) atoms. The molecule has 198 valence electrons. The number of nitrogens with zero attached hydrogens (tertiary/aromatic N) is 4. The van der Waals surface area contributed by atoms with Crippen LogP contribution in [0, 0.1) is 0 Å². The van der Waals surface area contributed by atoms with E-state index in [9.17, 15) is 34.8 Å². The minimum atomic E-state index is -1.55. The number of carbonyl (C=O) groups is 3. The van der Waals surface area contributed by atoms with E-state index in [0.29, 0.717) is 72.1 Å². The molecule has 0 saturated carbocycles. The van der Waals surface area contributed by atoms with Crippen molar-refractivity contribution in [2.45, 2.75) is 19.6 Å². The Balaban J connectivity index is 2.81. The lowest BCUT2D eigenvalue weighted by Gasteiger charge is -2.33. The van der Waals surface area contributed by atoms with Crippen LogP contribution < -0.4 is 5.32 Å². The molecular formula is C21H41N5O8. The number of rotatable bonds is 13. The van der Waals surface area contributed by atoms with Gasteiger partial charge in [0.1, 0.15) is 0 Å². The molecular weight excluding hydrogens is 450 g/mol. The third-order valence-electron chi connectivity index (χ3n) is 5.35. The first-order chi connectivity index (χ1) is 16.2. The number of carbonyl (C=O) groups excluding carboxylic acids is 1. The Hall–Kier alpha value is -1.87. The van der Waals surface area contributed by atoms with Gasteiger partial charge in [-0.15, -0.1) is 0 Å². The van der Waals surface area contributed by atoms with Crippen molar-refractivity contribution in [1.82, 2.24) is 24.9 Å². The van der Waals surface area contributed by atoms with Gasteiger partial charge in [-0.3, -0.25) is 34.0 Å². The molecule has 1 aliphatic heterocycles. The minimum Gasteiger partial charge on any atom is -0.480 e.